The fourth-order valence-electron chi connectivity index (χ4n) is 3.96. The van der Waals surface area contributed by atoms with Crippen molar-refractivity contribution in [1.82, 2.24) is 14.8 Å². The topological polar surface area (TPSA) is 45.7 Å². The van der Waals surface area contributed by atoms with Crippen LogP contribution in [0.1, 0.15) is 30.6 Å². The van der Waals surface area contributed by atoms with E-state index in [-0.39, 0.29) is 18.1 Å². The molecule has 2 atom stereocenters. The van der Waals surface area contributed by atoms with Gasteiger partial charge >= 0.3 is 0 Å². The Labute approximate surface area is 161 Å². The van der Waals surface area contributed by atoms with Crippen molar-refractivity contribution in [3.63, 3.8) is 0 Å². The van der Waals surface area contributed by atoms with Gasteiger partial charge in [0.2, 0.25) is 0 Å². The normalized spacial score (nSPS) is 22.4. The molecule has 0 radical (unpaired) electrons. The van der Waals surface area contributed by atoms with Crippen LogP contribution in [-0.2, 0) is 0 Å². The number of carbonyl (C=O) groups is 1. The lowest BCUT2D eigenvalue weighted by molar-refractivity contribution is 0.0682. The minimum Gasteiger partial charge on any atom is -0.486 e. The lowest BCUT2D eigenvalue weighted by atomic mass is 10.0. The summed E-state index contributed by atoms with van der Waals surface area (Å²) >= 11 is 0. The molecule has 0 spiro atoms. The molecule has 0 N–H and O–H groups in total. The van der Waals surface area contributed by atoms with E-state index in [0.717, 1.165) is 30.8 Å². The van der Waals surface area contributed by atoms with Crippen molar-refractivity contribution in [3.8, 4) is 16.9 Å². The SMILES string of the molecule is CC(C)CCN1CC2Oc3cc(-c4cccnc4)ccc3C(=O)N(C)C2C1. The van der Waals surface area contributed by atoms with E-state index in [1.54, 1.807) is 6.20 Å². The predicted octanol–water partition coefficient (Wildman–Crippen LogP) is 3.31. The van der Waals surface area contributed by atoms with Gasteiger partial charge in [-0.3, -0.25) is 14.7 Å². The average Bonchev–Trinajstić information content (AvgIpc) is 3.05. The van der Waals surface area contributed by atoms with E-state index in [0.29, 0.717) is 17.2 Å². The molecule has 1 amide bonds. The summed E-state index contributed by atoms with van der Waals surface area (Å²) in [6.45, 7) is 7.29. The molecule has 27 heavy (non-hydrogen) atoms. The van der Waals surface area contributed by atoms with E-state index >= 15 is 0 Å². The molecule has 2 aromatic rings. The zero-order valence-electron chi connectivity index (χ0n) is 16.3. The first kappa shape index (κ1) is 18.0. The highest BCUT2D eigenvalue weighted by Gasteiger charge is 2.42. The summed E-state index contributed by atoms with van der Waals surface area (Å²) in [5.74, 6) is 1.41. The van der Waals surface area contributed by atoms with Crippen molar-refractivity contribution in [2.75, 3.05) is 26.7 Å². The molecule has 3 heterocycles. The highest BCUT2D eigenvalue weighted by atomic mass is 16.5. The largest absolute Gasteiger partial charge is 0.486 e. The summed E-state index contributed by atoms with van der Waals surface area (Å²) in [7, 11) is 1.90. The van der Waals surface area contributed by atoms with Crippen LogP contribution >= 0.6 is 0 Å². The maximum absolute atomic E-state index is 13.0. The van der Waals surface area contributed by atoms with Crippen LogP contribution in [0.3, 0.4) is 0 Å². The molecule has 1 aromatic carbocycles. The van der Waals surface area contributed by atoms with E-state index in [9.17, 15) is 4.79 Å². The van der Waals surface area contributed by atoms with E-state index in [2.05, 4.69) is 23.7 Å². The van der Waals surface area contributed by atoms with Crippen LogP contribution in [0.5, 0.6) is 5.75 Å². The van der Waals surface area contributed by atoms with E-state index in [1.807, 2.05) is 48.5 Å². The van der Waals surface area contributed by atoms with Crippen LogP contribution in [0.25, 0.3) is 11.1 Å². The first-order valence-electron chi connectivity index (χ1n) is 9.73. The molecule has 2 aliphatic heterocycles. The van der Waals surface area contributed by atoms with Crippen molar-refractivity contribution in [3.05, 3.63) is 48.3 Å². The molecule has 1 aromatic heterocycles. The molecule has 4 rings (SSSR count). The second-order valence-electron chi connectivity index (χ2n) is 8.03. The molecular formula is C22H27N3O2. The molecule has 1 saturated heterocycles. The number of amides is 1. The Kier molecular flexibility index (Phi) is 4.87. The van der Waals surface area contributed by atoms with Crippen molar-refractivity contribution in [2.45, 2.75) is 32.4 Å². The van der Waals surface area contributed by atoms with Gasteiger partial charge in [-0.25, -0.2) is 0 Å². The van der Waals surface area contributed by atoms with Crippen LogP contribution in [0.2, 0.25) is 0 Å². The molecule has 2 unspecified atom stereocenters. The first-order chi connectivity index (χ1) is 13.0. The van der Waals surface area contributed by atoms with Gasteiger partial charge in [0, 0.05) is 38.1 Å². The number of nitrogens with zero attached hydrogens (tertiary/aromatic N) is 3. The number of hydrogen-bond acceptors (Lipinski definition) is 4. The highest BCUT2D eigenvalue weighted by Crippen LogP contribution is 2.34. The molecule has 0 saturated carbocycles. The number of ether oxygens (including phenoxy) is 1. The summed E-state index contributed by atoms with van der Waals surface area (Å²) in [6, 6.07) is 9.87. The minimum absolute atomic E-state index is 0.0107. The Morgan fingerprint density at radius 2 is 2.07 bits per heavy atom. The third kappa shape index (κ3) is 3.56. The van der Waals surface area contributed by atoms with Gasteiger partial charge in [-0.2, -0.15) is 0 Å². The first-order valence-corrected chi connectivity index (χ1v) is 9.73. The molecule has 0 aliphatic carbocycles. The van der Waals surface area contributed by atoms with Crippen molar-refractivity contribution in [1.29, 1.82) is 0 Å². The third-order valence-corrected chi connectivity index (χ3v) is 5.64. The van der Waals surface area contributed by atoms with E-state index < -0.39 is 0 Å². The number of fused-ring (bicyclic) bond motifs is 2. The summed E-state index contributed by atoms with van der Waals surface area (Å²) in [6.07, 6.45) is 4.77. The number of aromatic nitrogens is 1. The number of rotatable bonds is 4. The molecule has 0 bridgehead atoms. The Morgan fingerprint density at radius 3 is 2.81 bits per heavy atom. The van der Waals surface area contributed by atoms with Gasteiger partial charge in [0.15, 0.2) is 0 Å². The number of hydrogen-bond donors (Lipinski definition) is 0. The number of likely N-dealkylation sites (tertiary alicyclic amines) is 1. The predicted molar refractivity (Wildman–Crippen MR) is 106 cm³/mol. The van der Waals surface area contributed by atoms with Gasteiger partial charge in [-0.1, -0.05) is 26.0 Å². The summed E-state index contributed by atoms with van der Waals surface area (Å²) in [5.41, 5.74) is 2.69. The van der Waals surface area contributed by atoms with Crippen LogP contribution in [-0.4, -0.2) is 59.5 Å². The highest BCUT2D eigenvalue weighted by molar-refractivity contribution is 5.98. The van der Waals surface area contributed by atoms with Gasteiger partial charge in [0.25, 0.3) is 5.91 Å². The van der Waals surface area contributed by atoms with Gasteiger partial charge in [-0.05, 0) is 42.6 Å². The van der Waals surface area contributed by atoms with Crippen LogP contribution < -0.4 is 4.74 Å². The smallest absolute Gasteiger partial charge is 0.257 e. The molecule has 1 fully saturated rings. The van der Waals surface area contributed by atoms with Crippen molar-refractivity contribution >= 4 is 5.91 Å². The fourth-order valence-corrected chi connectivity index (χ4v) is 3.96. The van der Waals surface area contributed by atoms with E-state index in [4.69, 9.17) is 4.74 Å². The van der Waals surface area contributed by atoms with Crippen molar-refractivity contribution < 1.29 is 9.53 Å². The second-order valence-corrected chi connectivity index (χ2v) is 8.03. The molecule has 5 nitrogen and oxygen atoms in total. The second kappa shape index (κ2) is 7.31. The van der Waals surface area contributed by atoms with Crippen molar-refractivity contribution in [2.24, 2.45) is 5.92 Å². The zero-order chi connectivity index (χ0) is 19.0. The molecule has 5 heteroatoms. The quantitative estimate of drug-likeness (QED) is 0.834. The monoisotopic (exact) mass is 365 g/mol. The zero-order valence-corrected chi connectivity index (χ0v) is 16.3. The van der Waals surface area contributed by atoms with Gasteiger partial charge in [0.05, 0.1) is 11.6 Å². The van der Waals surface area contributed by atoms with Gasteiger partial charge in [-0.15, -0.1) is 0 Å². The summed E-state index contributed by atoms with van der Waals surface area (Å²) < 4.78 is 6.40. The number of benzene rings is 1. The lowest BCUT2D eigenvalue weighted by Gasteiger charge is -2.25. The maximum atomic E-state index is 13.0. The third-order valence-electron chi connectivity index (χ3n) is 5.64. The average molecular weight is 365 g/mol. The fraction of sp³-hybridized carbons (Fsp3) is 0.455. The maximum Gasteiger partial charge on any atom is 0.257 e. The Bertz CT molecular complexity index is 822. The number of pyridine rings is 1. The van der Waals surface area contributed by atoms with Gasteiger partial charge < -0.3 is 9.64 Å². The molecular weight excluding hydrogens is 338 g/mol. The summed E-state index contributed by atoms with van der Waals surface area (Å²) in [5, 5.41) is 0. The van der Waals surface area contributed by atoms with Crippen LogP contribution in [0.15, 0.2) is 42.7 Å². The molecule has 2 aliphatic rings. The molecule has 142 valence electrons. The van der Waals surface area contributed by atoms with E-state index in [1.165, 1.54) is 6.42 Å². The Hall–Kier alpha value is -2.40. The minimum atomic E-state index is 0.0107. The lowest BCUT2D eigenvalue weighted by Crippen LogP contribution is -2.44. The number of likely N-dealkylation sites (N-methyl/N-ethyl adjacent to an activating group) is 1. The Balaban J connectivity index is 1.61. The van der Waals surface area contributed by atoms with Crippen LogP contribution in [0.4, 0.5) is 0 Å². The van der Waals surface area contributed by atoms with Crippen LogP contribution in [0, 0.1) is 5.92 Å². The standard InChI is InChI=1S/C22H27N3O2/c1-15(2)8-10-25-13-19-21(14-25)27-20-11-16(17-5-4-9-23-12-17)6-7-18(20)22(26)24(19)3/h4-7,9,11-12,15,19,21H,8,10,13-14H2,1-3H3. The Morgan fingerprint density at radius 1 is 1.22 bits per heavy atom. The summed E-state index contributed by atoms with van der Waals surface area (Å²) in [4.78, 5) is 21.5. The van der Waals surface area contributed by atoms with Gasteiger partial charge in [0.1, 0.15) is 11.9 Å². The number of carbonyl (C=O) groups excluding carboxylic acids is 1.